The molecular weight excluding hydrogens is 360 g/mol. The van der Waals surface area contributed by atoms with Gasteiger partial charge in [-0.25, -0.2) is 0 Å². The van der Waals surface area contributed by atoms with Crippen molar-refractivity contribution in [3.8, 4) is 0 Å². The number of hydrogen-bond donors (Lipinski definition) is 0. The number of nitrogens with zero attached hydrogens (tertiary/aromatic N) is 2. The molecule has 2 aromatic carbocycles. The van der Waals surface area contributed by atoms with E-state index in [9.17, 15) is 4.79 Å². The molecule has 154 valence electrons. The first kappa shape index (κ1) is 20.1. The standard InChI is InChI=1S/C25H32N2O2/c1-3-19-9-11-21(12-10-19)22-16-27(15-20-7-5-4-6-8-20)24-13-14-26(17-23(22)24)25(28)18-29-2/h4-12,22-24H,3,13-18H2,1-2H3/t22-,23-,24-/m0/s1. The van der Waals surface area contributed by atoms with Gasteiger partial charge in [0, 0.05) is 51.2 Å². The van der Waals surface area contributed by atoms with E-state index in [1.165, 1.54) is 16.7 Å². The maximum absolute atomic E-state index is 12.5. The monoisotopic (exact) mass is 392 g/mol. The lowest BCUT2D eigenvalue weighted by Crippen LogP contribution is -2.49. The molecule has 0 unspecified atom stereocenters. The molecule has 3 atom stereocenters. The number of hydrogen-bond acceptors (Lipinski definition) is 3. The topological polar surface area (TPSA) is 32.8 Å². The quantitative estimate of drug-likeness (QED) is 0.751. The van der Waals surface area contributed by atoms with Crippen LogP contribution in [0.4, 0.5) is 0 Å². The Hall–Kier alpha value is -2.17. The molecule has 0 spiro atoms. The molecule has 4 nitrogen and oxygen atoms in total. The average Bonchev–Trinajstić information content (AvgIpc) is 3.12. The summed E-state index contributed by atoms with van der Waals surface area (Å²) >= 11 is 0. The number of methoxy groups -OCH3 is 1. The molecule has 2 aliphatic heterocycles. The normalized spacial score (nSPS) is 24.5. The number of rotatable bonds is 6. The Balaban J connectivity index is 1.57. The van der Waals surface area contributed by atoms with Crippen molar-refractivity contribution < 1.29 is 9.53 Å². The van der Waals surface area contributed by atoms with Crippen LogP contribution in [0, 0.1) is 5.92 Å². The molecule has 0 radical (unpaired) electrons. The summed E-state index contributed by atoms with van der Waals surface area (Å²) in [6.07, 6.45) is 2.10. The highest BCUT2D eigenvalue weighted by molar-refractivity contribution is 5.77. The Morgan fingerprint density at radius 1 is 1.03 bits per heavy atom. The minimum atomic E-state index is 0.118. The Labute approximate surface area is 174 Å². The Morgan fingerprint density at radius 2 is 1.79 bits per heavy atom. The van der Waals surface area contributed by atoms with Crippen LogP contribution in [-0.2, 0) is 22.5 Å². The van der Waals surface area contributed by atoms with Crippen molar-refractivity contribution in [3.63, 3.8) is 0 Å². The van der Waals surface area contributed by atoms with E-state index in [4.69, 9.17) is 4.74 Å². The molecule has 0 bridgehead atoms. The third kappa shape index (κ3) is 4.39. The fourth-order valence-electron chi connectivity index (χ4n) is 5.14. The molecule has 0 saturated carbocycles. The molecule has 2 aliphatic rings. The highest BCUT2D eigenvalue weighted by Gasteiger charge is 2.45. The van der Waals surface area contributed by atoms with Crippen LogP contribution in [0.1, 0.15) is 36.0 Å². The van der Waals surface area contributed by atoms with Gasteiger partial charge in [-0.2, -0.15) is 0 Å². The summed E-state index contributed by atoms with van der Waals surface area (Å²) in [6, 6.07) is 20.4. The largest absolute Gasteiger partial charge is 0.375 e. The van der Waals surface area contributed by atoms with E-state index in [0.717, 1.165) is 39.0 Å². The Morgan fingerprint density at radius 3 is 2.48 bits per heavy atom. The van der Waals surface area contributed by atoms with Gasteiger partial charge in [-0.3, -0.25) is 9.69 Å². The van der Waals surface area contributed by atoms with Gasteiger partial charge in [0.05, 0.1) is 0 Å². The maximum atomic E-state index is 12.5. The van der Waals surface area contributed by atoms with Gasteiger partial charge in [-0.15, -0.1) is 0 Å². The minimum Gasteiger partial charge on any atom is -0.375 e. The molecule has 2 heterocycles. The molecule has 0 N–H and O–H groups in total. The zero-order chi connectivity index (χ0) is 20.2. The summed E-state index contributed by atoms with van der Waals surface area (Å²) < 4.78 is 5.10. The predicted octanol–water partition coefficient (Wildman–Crippen LogP) is 3.71. The lowest BCUT2D eigenvalue weighted by Gasteiger charge is -2.39. The SMILES string of the molecule is CCc1ccc([C@@H]2CN(Cc3ccccc3)[C@H]3CCN(C(=O)COC)C[C@@H]23)cc1. The predicted molar refractivity (Wildman–Crippen MR) is 116 cm³/mol. The summed E-state index contributed by atoms with van der Waals surface area (Å²) in [5.41, 5.74) is 4.16. The third-order valence-electron chi connectivity index (χ3n) is 6.70. The zero-order valence-electron chi connectivity index (χ0n) is 17.6. The van der Waals surface area contributed by atoms with E-state index in [1.807, 2.05) is 4.90 Å². The molecular formula is C25H32N2O2. The number of ether oxygens (including phenoxy) is 1. The number of benzene rings is 2. The van der Waals surface area contributed by atoms with E-state index in [2.05, 4.69) is 66.4 Å². The summed E-state index contributed by atoms with van der Waals surface area (Å²) in [7, 11) is 1.60. The molecule has 1 amide bonds. The van der Waals surface area contributed by atoms with Gasteiger partial charge >= 0.3 is 0 Å². The van der Waals surface area contributed by atoms with Crippen molar-refractivity contribution in [1.29, 1.82) is 0 Å². The van der Waals surface area contributed by atoms with Gasteiger partial charge < -0.3 is 9.64 Å². The highest BCUT2D eigenvalue weighted by atomic mass is 16.5. The molecule has 0 aromatic heterocycles. The fraction of sp³-hybridized carbons (Fsp3) is 0.480. The van der Waals surface area contributed by atoms with E-state index < -0.39 is 0 Å². The molecule has 2 fully saturated rings. The summed E-state index contributed by atoms with van der Waals surface area (Å²) in [6.45, 7) is 6.08. The first-order chi connectivity index (χ1) is 14.2. The van der Waals surface area contributed by atoms with Gasteiger partial charge in [0.25, 0.3) is 0 Å². The fourth-order valence-corrected chi connectivity index (χ4v) is 5.14. The molecule has 0 aliphatic carbocycles. The first-order valence-corrected chi connectivity index (χ1v) is 10.8. The van der Waals surface area contributed by atoms with E-state index in [1.54, 1.807) is 7.11 Å². The van der Waals surface area contributed by atoms with Crippen LogP contribution in [0.25, 0.3) is 0 Å². The second-order valence-corrected chi connectivity index (χ2v) is 8.41. The van der Waals surface area contributed by atoms with E-state index in [-0.39, 0.29) is 12.5 Å². The Kier molecular flexibility index (Phi) is 6.31. The summed E-state index contributed by atoms with van der Waals surface area (Å²) in [5, 5.41) is 0. The smallest absolute Gasteiger partial charge is 0.248 e. The van der Waals surface area contributed by atoms with Crippen LogP contribution in [-0.4, -0.2) is 55.1 Å². The zero-order valence-corrected chi connectivity index (χ0v) is 17.6. The second-order valence-electron chi connectivity index (χ2n) is 8.41. The van der Waals surface area contributed by atoms with Crippen molar-refractivity contribution in [2.45, 2.75) is 38.3 Å². The van der Waals surface area contributed by atoms with Crippen LogP contribution >= 0.6 is 0 Å². The summed E-state index contributed by atoms with van der Waals surface area (Å²) in [4.78, 5) is 17.1. The van der Waals surface area contributed by atoms with Crippen LogP contribution in [0.15, 0.2) is 54.6 Å². The van der Waals surface area contributed by atoms with Crippen molar-refractivity contribution in [1.82, 2.24) is 9.80 Å². The first-order valence-electron chi connectivity index (χ1n) is 10.8. The molecule has 2 aromatic rings. The van der Waals surface area contributed by atoms with Gasteiger partial charge in [-0.1, -0.05) is 61.5 Å². The second kappa shape index (κ2) is 9.10. The van der Waals surface area contributed by atoms with Gasteiger partial charge in [0.15, 0.2) is 0 Å². The van der Waals surface area contributed by atoms with Crippen LogP contribution in [0.3, 0.4) is 0 Å². The Bertz CT molecular complexity index is 805. The lowest BCUT2D eigenvalue weighted by atomic mass is 9.81. The molecule has 4 heteroatoms. The van der Waals surface area contributed by atoms with Crippen molar-refractivity contribution >= 4 is 5.91 Å². The van der Waals surface area contributed by atoms with Crippen LogP contribution in [0.5, 0.6) is 0 Å². The number of carbonyl (C=O) groups excluding carboxylic acids is 1. The van der Waals surface area contributed by atoms with Crippen molar-refractivity contribution in [3.05, 3.63) is 71.3 Å². The third-order valence-corrected chi connectivity index (χ3v) is 6.70. The van der Waals surface area contributed by atoms with Crippen molar-refractivity contribution in [2.24, 2.45) is 5.92 Å². The number of carbonyl (C=O) groups is 1. The maximum Gasteiger partial charge on any atom is 0.248 e. The number of amides is 1. The number of likely N-dealkylation sites (tertiary alicyclic amines) is 2. The minimum absolute atomic E-state index is 0.118. The highest BCUT2D eigenvalue weighted by Crippen LogP contribution is 2.42. The summed E-state index contributed by atoms with van der Waals surface area (Å²) in [5.74, 6) is 1.06. The van der Waals surface area contributed by atoms with E-state index >= 15 is 0 Å². The molecule has 2 saturated heterocycles. The van der Waals surface area contributed by atoms with Gasteiger partial charge in [0.1, 0.15) is 6.61 Å². The van der Waals surface area contributed by atoms with Crippen molar-refractivity contribution in [2.75, 3.05) is 33.4 Å². The molecule has 4 rings (SSSR count). The van der Waals surface area contributed by atoms with Gasteiger partial charge in [0.2, 0.25) is 5.91 Å². The van der Waals surface area contributed by atoms with Gasteiger partial charge in [-0.05, 0) is 29.5 Å². The van der Waals surface area contributed by atoms with Crippen LogP contribution in [0.2, 0.25) is 0 Å². The van der Waals surface area contributed by atoms with E-state index in [0.29, 0.717) is 17.9 Å². The number of piperidine rings is 1. The lowest BCUT2D eigenvalue weighted by molar-refractivity contribution is -0.137. The van der Waals surface area contributed by atoms with Crippen LogP contribution < -0.4 is 0 Å². The average molecular weight is 393 g/mol. The molecule has 29 heavy (non-hydrogen) atoms. The number of aryl methyl sites for hydroxylation is 1. The number of fused-ring (bicyclic) bond motifs is 1.